The van der Waals surface area contributed by atoms with E-state index in [-0.39, 0.29) is 5.56 Å². The lowest BCUT2D eigenvalue weighted by Gasteiger charge is -2.06. The second-order valence-electron chi connectivity index (χ2n) is 5.62. The summed E-state index contributed by atoms with van der Waals surface area (Å²) in [5, 5.41) is 1.79. The van der Waals surface area contributed by atoms with Gasteiger partial charge < -0.3 is 4.98 Å². The first-order valence-electron chi connectivity index (χ1n) is 7.54. The maximum atomic E-state index is 12.6. The van der Waals surface area contributed by atoms with Gasteiger partial charge >= 0.3 is 0 Å². The Balaban J connectivity index is 1.83. The molecule has 0 aliphatic carbocycles. The topological polar surface area (TPSA) is 50.7 Å². The normalized spacial score (nSPS) is 11.8. The molecule has 4 rings (SSSR count). The van der Waals surface area contributed by atoms with Crippen molar-refractivity contribution < 1.29 is 0 Å². The highest BCUT2D eigenvalue weighted by Crippen LogP contribution is 2.20. The molecular weight excluding hydrogens is 413 g/mol. The highest BCUT2D eigenvalue weighted by atomic mass is 127. The van der Waals surface area contributed by atoms with E-state index in [1.165, 1.54) is 0 Å². The average molecular weight is 427 g/mol. The highest BCUT2D eigenvalue weighted by molar-refractivity contribution is 14.1. The fourth-order valence-electron chi connectivity index (χ4n) is 2.81. The predicted octanol–water partition coefficient (Wildman–Crippen LogP) is 4.19. The Labute approximate surface area is 152 Å². The Kier molecular flexibility index (Phi) is 3.72. The summed E-state index contributed by atoms with van der Waals surface area (Å²) in [7, 11) is 1.75. The fraction of sp³-hybridized carbons (Fsp3) is 0.0526. The molecule has 2 aromatic carbocycles. The second kappa shape index (κ2) is 5.90. The van der Waals surface area contributed by atoms with Crippen LogP contribution in [0, 0.1) is 3.57 Å². The minimum Gasteiger partial charge on any atom is -0.361 e. The van der Waals surface area contributed by atoms with Gasteiger partial charge in [-0.25, -0.2) is 4.98 Å². The van der Waals surface area contributed by atoms with E-state index in [1.807, 2.05) is 54.7 Å². The molecule has 0 radical (unpaired) electrons. The molecular formula is C19H14IN3O. The van der Waals surface area contributed by atoms with Crippen LogP contribution in [0.5, 0.6) is 0 Å². The largest absolute Gasteiger partial charge is 0.361 e. The van der Waals surface area contributed by atoms with Crippen molar-refractivity contribution in [3.05, 3.63) is 74.0 Å². The van der Waals surface area contributed by atoms with E-state index in [4.69, 9.17) is 0 Å². The number of para-hydroxylation sites is 1. The number of aromatic nitrogens is 3. The lowest BCUT2D eigenvalue weighted by Crippen LogP contribution is -2.20. The third kappa shape index (κ3) is 2.54. The van der Waals surface area contributed by atoms with Crippen LogP contribution in [0.3, 0.4) is 0 Å². The molecule has 4 aromatic rings. The summed E-state index contributed by atoms with van der Waals surface area (Å²) in [4.78, 5) is 20.4. The van der Waals surface area contributed by atoms with Gasteiger partial charge in [0, 0.05) is 27.7 Å². The van der Waals surface area contributed by atoms with Gasteiger partial charge in [0.2, 0.25) is 0 Å². The van der Waals surface area contributed by atoms with Crippen molar-refractivity contribution in [3.8, 4) is 0 Å². The van der Waals surface area contributed by atoms with Crippen molar-refractivity contribution in [1.82, 2.24) is 14.5 Å². The van der Waals surface area contributed by atoms with Crippen LogP contribution < -0.4 is 5.56 Å². The van der Waals surface area contributed by atoms with Crippen molar-refractivity contribution in [2.45, 2.75) is 0 Å². The summed E-state index contributed by atoms with van der Waals surface area (Å²) >= 11 is 2.20. The molecule has 0 spiro atoms. The molecule has 0 aliphatic heterocycles. The van der Waals surface area contributed by atoms with E-state index in [9.17, 15) is 4.79 Å². The zero-order chi connectivity index (χ0) is 16.7. The number of H-pyrrole nitrogens is 1. The zero-order valence-corrected chi connectivity index (χ0v) is 15.1. The van der Waals surface area contributed by atoms with Gasteiger partial charge in [0.15, 0.2) is 0 Å². The van der Waals surface area contributed by atoms with E-state index in [1.54, 1.807) is 11.6 Å². The van der Waals surface area contributed by atoms with Crippen LogP contribution in [0.15, 0.2) is 53.5 Å². The van der Waals surface area contributed by atoms with E-state index < -0.39 is 0 Å². The number of nitrogens with one attached hydrogen (secondary N) is 1. The standard InChI is InChI=1S/C19H14IN3O/c1-23-18(22-17-8-7-13(20)10-15(17)19(23)24)9-6-12-11-21-16-5-3-2-4-14(12)16/h2-11,21H,1H3. The van der Waals surface area contributed by atoms with Gasteiger partial charge in [0.05, 0.1) is 10.9 Å². The lowest BCUT2D eigenvalue weighted by atomic mass is 10.1. The van der Waals surface area contributed by atoms with E-state index in [2.05, 4.69) is 38.6 Å². The molecule has 24 heavy (non-hydrogen) atoms. The van der Waals surface area contributed by atoms with Gasteiger partial charge in [-0.3, -0.25) is 9.36 Å². The number of hydrogen-bond donors (Lipinski definition) is 1. The third-order valence-corrected chi connectivity index (χ3v) is 4.78. The molecule has 2 aromatic heterocycles. The number of aromatic amines is 1. The summed E-state index contributed by atoms with van der Waals surface area (Å²) in [6.07, 6.45) is 5.83. The number of benzene rings is 2. The molecule has 2 heterocycles. The van der Waals surface area contributed by atoms with Crippen LogP contribution in [0.4, 0.5) is 0 Å². The number of rotatable bonds is 2. The van der Waals surface area contributed by atoms with E-state index in [0.717, 1.165) is 25.6 Å². The highest BCUT2D eigenvalue weighted by Gasteiger charge is 2.07. The summed E-state index contributed by atoms with van der Waals surface area (Å²) in [5.74, 6) is 0.638. The second-order valence-corrected chi connectivity index (χ2v) is 6.86. The number of fused-ring (bicyclic) bond motifs is 2. The fourth-order valence-corrected chi connectivity index (χ4v) is 3.30. The summed E-state index contributed by atoms with van der Waals surface area (Å²) in [6, 6.07) is 13.8. The molecule has 0 aliphatic rings. The molecule has 0 fully saturated rings. The number of halogens is 1. The Hall–Kier alpha value is -2.41. The van der Waals surface area contributed by atoms with Crippen LogP contribution in [-0.2, 0) is 7.05 Å². The van der Waals surface area contributed by atoms with Crippen LogP contribution in [-0.4, -0.2) is 14.5 Å². The van der Waals surface area contributed by atoms with Gasteiger partial charge in [-0.05, 0) is 64.6 Å². The molecule has 0 unspecified atom stereocenters. The number of hydrogen-bond acceptors (Lipinski definition) is 2. The van der Waals surface area contributed by atoms with Crippen molar-refractivity contribution in [2.75, 3.05) is 0 Å². The van der Waals surface area contributed by atoms with Gasteiger partial charge in [0.25, 0.3) is 5.56 Å². The van der Waals surface area contributed by atoms with Crippen LogP contribution in [0.25, 0.3) is 34.0 Å². The Morgan fingerprint density at radius 1 is 1.12 bits per heavy atom. The molecule has 1 N–H and O–H groups in total. The van der Waals surface area contributed by atoms with Crippen LogP contribution in [0.2, 0.25) is 0 Å². The molecule has 0 saturated carbocycles. The average Bonchev–Trinajstić information content (AvgIpc) is 3.01. The lowest BCUT2D eigenvalue weighted by molar-refractivity contribution is 0.828. The molecule has 4 nitrogen and oxygen atoms in total. The first-order chi connectivity index (χ1) is 11.6. The Bertz CT molecular complexity index is 1150. The minimum absolute atomic E-state index is 0.0305. The van der Waals surface area contributed by atoms with Crippen LogP contribution in [0.1, 0.15) is 11.4 Å². The predicted molar refractivity (Wildman–Crippen MR) is 107 cm³/mol. The van der Waals surface area contributed by atoms with Crippen molar-refractivity contribution in [2.24, 2.45) is 7.05 Å². The maximum absolute atomic E-state index is 12.6. The molecule has 0 atom stereocenters. The third-order valence-electron chi connectivity index (χ3n) is 4.11. The summed E-state index contributed by atoms with van der Waals surface area (Å²) in [6.45, 7) is 0. The van der Waals surface area contributed by atoms with Crippen molar-refractivity contribution >= 4 is 56.5 Å². The molecule has 118 valence electrons. The zero-order valence-electron chi connectivity index (χ0n) is 13.0. The molecule has 0 saturated heterocycles. The quantitative estimate of drug-likeness (QED) is 0.488. The summed E-state index contributed by atoms with van der Waals surface area (Å²) in [5.41, 5.74) is 2.85. The Morgan fingerprint density at radius 3 is 2.83 bits per heavy atom. The molecule has 0 amide bonds. The summed E-state index contributed by atoms with van der Waals surface area (Å²) < 4.78 is 2.62. The van der Waals surface area contributed by atoms with E-state index in [0.29, 0.717) is 11.2 Å². The minimum atomic E-state index is -0.0305. The first-order valence-corrected chi connectivity index (χ1v) is 8.62. The van der Waals surface area contributed by atoms with Crippen molar-refractivity contribution in [3.63, 3.8) is 0 Å². The molecule has 5 heteroatoms. The van der Waals surface area contributed by atoms with Gasteiger partial charge in [-0.1, -0.05) is 18.2 Å². The Morgan fingerprint density at radius 2 is 1.96 bits per heavy atom. The molecule has 0 bridgehead atoms. The van der Waals surface area contributed by atoms with E-state index >= 15 is 0 Å². The van der Waals surface area contributed by atoms with Crippen LogP contribution >= 0.6 is 22.6 Å². The maximum Gasteiger partial charge on any atom is 0.261 e. The van der Waals surface area contributed by atoms with Gasteiger partial charge in [-0.2, -0.15) is 0 Å². The number of nitrogens with zero attached hydrogens (tertiary/aromatic N) is 2. The van der Waals surface area contributed by atoms with Gasteiger partial charge in [-0.15, -0.1) is 0 Å². The van der Waals surface area contributed by atoms with Crippen molar-refractivity contribution in [1.29, 1.82) is 0 Å². The first kappa shape index (κ1) is 15.1. The monoisotopic (exact) mass is 427 g/mol. The SMILES string of the molecule is Cn1c(C=Cc2c[nH]c3ccccc23)nc2ccc(I)cc2c1=O. The smallest absolute Gasteiger partial charge is 0.261 e. The van der Waals surface area contributed by atoms with Gasteiger partial charge in [0.1, 0.15) is 5.82 Å².